The summed E-state index contributed by atoms with van der Waals surface area (Å²) in [6, 6.07) is 1.08. The molecule has 1 aromatic heterocycles. The second kappa shape index (κ2) is 7.34. The Balaban J connectivity index is 2.46. The van der Waals surface area contributed by atoms with Gasteiger partial charge in [-0.25, -0.2) is 4.79 Å². The molecule has 92 valence electrons. The molecule has 6 heteroatoms. The second-order valence-corrected chi connectivity index (χ2v) is 3.45. The molecule has 1 aromatic rings. The zero-order valence-electron chi connectivity index (χ0n) is 9.41. The average molecular weight is 236 g/mol. The summed E-state index contributed by atoms with van der Waals surface area (Å²) >= 11 is 0. The molecule has 0 unspecified atom stereocenters. The maximum absolute atomic E-state index is 10.8. The van der Waals surface area contributed by atoms with Crippen LogP contribution in [0.15, 0.2) is 23.3 Å². The zero-order chi connectivity index (χ0) is 12.5. The van der Waals surface area contributed by atoms with Gasteiger partial charge in [-0.3, -0.25) is 10.1 Å². The van der Waals surface area contributed by atoms with E-state index in [0.29, 0.717) is 19.4 Å². The van der Waals surface area contributed by atoms with Crippen LogP contribution in [0.5, 0.6) is 0 Å². The first-order valence-electron chi connectivity index (χ1n) is 5.36. The van der Waals surface area contributed by atoms with Crippen molar-refractivity contribution in [3.05, 3.63) is 24.0 Å². The number of carbonyl (C=O) groups is 1. The minimum absolute atomic E-state index is 0.459. The highest BCUT2D eigenvalue weighted by molar-refractivity contribution is 5.81. The summed E-state index contributed by atoms with van der Waals surface area (Å²) in [6.45, 7) is 0.475. The third-order valence-corrected chi connectivity index (χ3v) is 2.12. The van der Waals surface area contributed by atoms with Crippen molar-refractivity contribution in [2.45, 2.75) is 18.9 Å². The SMILES string of the molecule is NCCC[C@H](N=C/C=C/c1ccn[nH]1)C(=O)O. The van der Waals surface area contributed by atoms with Gasteiger partial charge >= 0.3 is 5.97 Å². The van der Waals surface area contributed by atoms with Gasteiger partial charge < -0.3 is 10.8 Å². The normalized spacial score (nSPS) is 13.5. The maximum Gasteiger partial charge on any atom is 0.328 e. The Kier molecular flexibility index (Phi) is 5.67. The molecule has 0 fully saturated rings. The van der Waals surface area contributed by atoms with Crippen molar-refractivity contribution in [3.8, 4) is 0 Å². The van der Waals surface area contributed by atoms with Gasteiger partial charge in [0.1, 0.15) is 6.04 Å². The highest BCUT2D eigenvalue weighted by atomic mass is 16.4. The molecule has 1 atom stereocenters. The minimum Gasteiger partial charge on any atom is -0.480 e. The van der Waals surface area contributed by atoms with Crippen LogP contribution in [0.25, 0.3) is 6.08 Å². The summed E-state index contributed by atoms with van der Waals surface area (Å²) in [7, 11) is 0. The average Bonchev–Trinajstić information content (AvgIpc) is 2.80. The van der Waals surface area contributed by atoms with E-state index in [1.165, 1.54) is 6.21 Å². The van der Waals surface area contributed by atoms with Crippen molar-refractivity contribution in [2.75, 3.05) is 6.54 Å². The van der Waals surface area contributed by atoms with Crippen LogP contribution in [0.2, 0.25) is 0 Å². The quantitative estimate of drug-likeness (QED) is 0.605. The molecule has 1 heterocycles. The molecule has 0 saturated heterocycles. The predicted molar refractivity (Wildman–Crippen MR) is 65.8 cm³/mol. The number of aliphatic carboxylic acids is 1. The number of nitrogens with zero attached hydrogens (tertiary/aromatic N) is 2. The van der Waals surface area contributed by atoms with Crippen molar-refractivity contribution < 1.29 is 9.90 Å². The van der Waals surface area contributed by atoms with E-state index in [2.05, 4.69) is 15.2 Å². The van der Waals surface area contributed by atoms with Gasteiger partial charge in [0.05, 0.1) is 5.69 Å². The van der Waals surface area contributed by atoms with E-state index in [9.17, 15) is 4.79 Å². The van der Waals surface area contributed by atoms with E-state index in [1.807, 2.05) is 0 Å². The standard InChI is InChI=1S/C11H16N4O2/c12-6-1-4-10(11(16)17)13-7-2-3-9-5-8-14-15-9/h2-3,5,7-8,10H,1,4,6,12H2,(H,14,15)(H,16,17)/b3-2+,13-7?/t10-/m0/s1. The van der Waals surface area contributed by atoms with Crippen LogP contribution in [0.4, 0.5) is 0 Å². The maximum atomic E-state index is 10.8. The van der Waals surface area contributed by atoms with Crippen molar-refractivity contribution in [1.29, 1.82) is 0 Å². The van der Waals surface area contributed by atoms with Gasteiger partial charge in [0.25, 0.3) is 0 Å². The predicted octanol–water partition coefficient (Wildman–Crippen LogP) is 0.686. The largest absolute Gasteiger partial charge is 0.480 e. The van der Waals surface area contributed by atoms with Crippen molar-refractivity contribution in [2.24, 2.45) is 10.7 Å². The second-order valence-electron chi connectivity index (χ2n) is 3.45. The minimum atomic E-state index is -0.926. The Labute approximate surface area is 99.2 Å². The third-order valence-electron chi connectivity index (χ3n) is 2.12. The first-order chi connectivity index (χ1) is 8.24. The first-order valence-corrected chi connectivity index (χ1v) is 5.36. The lowest BCUT2D eigenvalue weighted by Gasteiger charge is -2.04. The molecule has 6 nitrogen and oxygen atoms in total. The molecule has 17 heavy (non-hydrogen) atoms. The number of hydrogen-bond acceptors (Lipinski definition) is 4. The van der Waals surface area contributed by atoms with Gasteiger partial charge in [0.15, 0.2) is 0 Å². The number of aromatic nitrogens is 2. The molecule has 1 rings (SSSR count). The molecule has 0 bridgehead atoms. The summed E-state index contributed by atoms with van der Waals surface area (Å²) in [6.07, 6.45) is 7.66. The number of carboxylic acids is 1. The summed E-state index contributed by atoms with van der Waals surface area (Å²) in [5.74, 6) is -0.926. The monoisotopic (exact) mass is 236 g/mol. The van der Waals surface area contributed by atoms with Crippen LogP contribution in [-0.4, -0.2) is 40.1 Å². The Morgan fingerprint density at radius 3 is 3.12 bits per heavy atom. The van der Waals surface area contributed by atoms with Crippen molar-refractivity contribution in [1.82, 2.24) is 10.2 Å². The third kappa shape index (κ3) is 5.07. The van der Waals surface area contributed by atoms with Crippen LogP contribution < -0.4 is 5.73 Å². The number of hydrogen-bond donors (Lipinski definition) is 3. The molecular weight excluding hydrogens is 220 g/mol. The fourth-order valence-corrected chi connectivity index (χ4v) is 1.23. The fraction of sp³-hybridized carbons (Fsp3) is 0.364. The lowest BCUT2D eigenvalue weighted by Crippen LogP contribution is -2.19. The van der Waals surface area contributed by atoms with E-state index >= 15 is 0 Å². The van der Waals surface area contributed by atoms with E-state index in [0.717, 1.165) is 5.69 Å². The molecule has 0 aliphatic heterocycles. The van der Waals surface area contributed by atoms with Gasteiger partial charge in [-0.1, -0.05) is 0 Å². The Morgan fingerprint density at radius 2 is 2.53 bits per heavy atom. The molecule has 4 N–H and O–H groups in total. The van der Waals surface area contributed by atoms with Crippen LogP contribution in [0.1, 0.15) is 18.5 Å². The molecule has 0 spiro atoms. The first kappa shape index (κ1) is 13.1. The Bertz CT molecular complexity index is 384. The van der Waals surface area contributed by atoms with Gasteiger partial charge in [0.2, 0.25) is 0 Å². The molecule has 0 aromatic carbocycles. The van der Waals surface area contributed by atoms with E-state index in [1.54, 1.807) is 24.4 Å². The highest BCUT2D eigenvalue weighted by Crippen LogP contribution is 2.01. The molecule has 0 radical (unpaired) electrons. The lowest BCUT2D eigenvalue weighted by molar-refractivity contribution is -0.138. The van der Waals surface area contributed by atoms with Crippen molar-refractivity contribution >= 4 is 18.3 Å². The lowest BCUT2D eigenvalue weighted by atomic mass is 10.1. The van der Waals surface area contributed by atoms with Gasteiger partial charge in [-0.2, -0.15) is 5.10 Å². The Morgan fingerprint density at radius 1 is 1.71 bits per heavy atom. The molecule has 0 aliphatic carbocycles. The van der Waals surface area contributed by atoms with E-state index in [-0.39, 0.29) is 0 Å². The number of aromatic amines is 1. The number of nitrogens with one attached hydrogen (secondary N) is 1. The smallest absolute Gasteiger partial charge is 0.328 e. The molecule has 0 amide bonds. The molecule has 0 aliphatic rings. The van der Waals surface area contributed by atoms with Gasteiger partial charge in [-0.15, -0.1) is 0 Å². The van der Waals surface area contributed by atoms with Crippen LogP contribution >= 0.6 is 0 Å². The van der Waals surface area contributed by atoms with Gasteiger partial charge in [-0.05, 0) is 37.6 Å². The van der Waals surface area contributed by atoms with E-state index < -0.39 is 12.0 Å². The Hall–Kier alpha value is -1.95. The van der Waals surface area contributed by atoms with Crippen LogP contribution in [-0.2, 0) is 4.79 Å². The molecule has 0 saturated carbocycles. The van der Waals surface area contributed by atoms with Gasteiger partial charge in [0, 0.05) is 12.4 Å². The van der Waals surface area contributed by atoms with E-state index in [4.69, 9.17) is 10.8 Å². The highest BCUT2D eigenvalue weighted by Gasteiger charge is 2.13. The summed E-state index contributed by atoms with van der Waals surface area (Å²) in [4.78, 5) is 14.8. The number of rotatable bonds is 7. The summed E-state index contributed by atoms with van der Waals surface area (Å²) < 4.78 is 0. The van der Waals surface area contributed by atoms with Crippen LogP contribution in [0, 0.1) is 0 Å². The molecular formula is C11H16N4O2. The summed E-state index contributed by atoms with van der Waals surface area (Å²) in [5, 5.41) is 15.4. The van der Waals surface area contributed by atoms with Crippen molar-refractivity contribution in [3.63, 3.8) is 0 Å². The van der Waals surface area contributed by atoms with Crippen LogP contribution in [0.3, 0.4) is 0 Å². The number of carboxylic acid groups (broad SMARTS) is 1. The fourth-order valence-electron chi connectivity index (χ4n) is 1.23. The topological polar surface area (TPSA) is 104 Å². The number of H-pyrrole nitrogens is 1. The zero-order valence-corrected chi connectivity index (χ0v) is 9.41. The number of allylic oxidation sites excluding steroid dienone is 1. The number of aliphatic imine (C=N–C) groups is 1. The summed E-state index contributed by atoms with van der Waals surface area (Å²) in [5.41, 5.74) is 6.16. The number of nitrogens with two attached hydrogens (primary N) is 1.